The predicted molar refractivity (Wildman–Crippen MR) is 358 cm³/mol. The van der Waals surface area contributed by atoms with Gasteiger partial charge in [0.25, 0.3) is 6.71 Å². The highest BCUT2D eigenvalue weighted by atomic mass is 32.1. The fraction of sp³-hybridized carbons (Fsp3) is 0.173. The molecule has 4 nitrogen and oxygen atoms in total. The average Bonchev–Trinajstić information content (AvgIpc) is 1.65. The largest absolute Gasteiger partial charge is 0.456 e. The Bertz CT molecular complexity index is 4710. The average molecular weight is 1100 g/mol. The second kappa shape index (κ2) is 19.1. The topological polar surface area (TPSA) is 22.9 Å². The van der Waals surface area contributed by atoms with E-state index in [2.05, 4.69) is 272 Å². The number of thiophene rings is 1. The van der Waals surface area contributed by atoms with Crippen molar-refractivity contribution in [3.05, 3.63) is 242 Å². The Kier molecular flexibility index (Phi) is 10.8. The molecule has 7 heteroatoms. The minimum atomic E-state index is -3.13. The van der Waals surface area contributed by atoms with Gasteiger partial charge in [0.05, 0.1) is 17.5 Å². The molecule has 82 heavy (non-hydrogen) atoms. The van der Waals surface area contributed by atoms with Gasteiger partial charge in [0, 0.05) is 60.8 Å². The first-order valence-electron chi connectivity index (χ1n) is 31.1. The van der Waals surface area contributed by atoms with Crippen LogP contribution in [-0.4, -0.2) is 14.8 Å². The van der Waals surface area contributed by atoms with Crippen LogP contribution in [0.25, 0.3) is 43.2 Å². The van der Waals surface area contributed by atoms with E-state index in [1.165, 1.54) is 21.5 Å². The zero-order valence-electron chi connectivity index (χ0n) is 53.3. The molecule has 0 saturated heterocycles. The van der Waals surface area contributed by atoms with Crippen LogP contribution in [0.2, 0.25) is 10.1 Å². The molecule has 2 aliphatic heterocycles. The summed E-state index contributed by atoms with van der Waals surface area (Å²) in [6, 6.07) is 71.2. The molecule has 0 bridgehead atoms. The van der Waals surface area contributed by atoms with E-state index in [1.54, 1.807) is 11.3 Å². The van der Waals surface area contributed by atoms with Crippen molar-refractivity contribution in [3.8, 4) is 11.1 Å². The van der Waals surface area contributed by atoms with Crippen LogP contribution in [-0.2, 0) is 5.41 Å². The number of hydrogen-bond acceptors (Lipinski definition) is 5. The Balaban J connectivity index is 1.16. The van der Waals surface area contributed by atoms with E-state index in [9.17, 15) is 5.48 Å². The van der Waals surface area contributed by atoms with Gasteiger partial charge in [0.15, 0.2) is 0 Å². The van der Waals surface area contributed by atoms with E-state index in [0.29, 0.717) is 0 Å². The summed E-state index contributed by atoms with van der Waals surface area (Å²) in [7, 11) is -3.13. The molecule has 2 aromatic heterocycles. The summed E-state index contributed by atoms with van der Waals surface area (Å²) in [5.41, 5.74) is 16.1. The number of furan rings is 1. The van der Waals surface area contributed by atoms with Crippen LogP contribution in [0.4, 0.5) is 50.5 Å². The van der Waals surface area contributed by atoms with E-state index >= 15 is 0 Å². The van der Waals surface area contributed by atoms with Crippen molar-refractivity contribution >= 4 is 135 Å². The standard InChI is InChI=1S/C75H68BN3OSSi/c1-49-33-41-56(42-34-49)82(74(5,6)7,75(8,9)10)57-47-65-71-66(48-57)79(52-25-15-12-16-26-52)72-70(60-29-19-22-32-69(60)81-72)76(71)62-43-39-55(46-64(62)78(65)54-40-44-68-61(45-54)59-28-18-21-31-67(59)80-68)77(53-37-35-51(36-38-53)73(2,3)4)63-30-20-17-27-58(63)50-23-13-11-14-24-50/h11-48H,1-10H3/i12D,15D,16D,25D,26D. The molecular formula is C75H68BN3OSSi. The lowest BCUT2D eigenvalue weighted by Crippen LogP contribution is -2.70. The maximum atomic E-state index is 9.89. The zero-order chi connectivity index (χ0) is 60.8. The molecule has 0 aliphatic carbocycles. The summed E-state index contributed by atoms with van der Waals surface area (Å²) in [5, 5.41) is 5.78. The lowest BCUT2D eigenvalue weighted by molar-refractivity contribution is 0.590. The molecular weight excluding hydrogens is 1030 g/mol. The zero-order valence-corrected chi connectivity index (χ0v) is 50.1. The quantitative estimate of drug-likeness (QED) is 0.141. The third-order valence-corrected chi connectivity index (χ3v) is 25.6. The molecule has 0 saturated carbocycles. The molecule has 0 spiro atoms. The van der Waals surface area contributed by atoms with Crippen LogP contribution in [0.5, 0.6) is 0 Å². The van der Waals surface area contributed by atoms with Gasteiger partial charge in [-0.2, -0.15) is 0 Å². The summed E-state index contributed by atoms with van der Waals surface area (Å²) in [4.78, 5) is 6.95. The number of fused-ring (bicyclic) bond motifs is 9. The second-order valence-electron chi connectivity index (χ2n) is 25.5. The van der Waals surface area contributed by atoms with Gasteiger partial charge in [-0.05, 0) is 145 Å². The second-order valence-corrected chi connectivity index (χ2v) is 32.2. The van der Waals surface area contributed by atoms with Gasteiger partial charge < -0.3 is 19.1 Å². The molecule has 0 fully saturated rings. The van der Waals surface area contributed by atoms with Crippen molar-refractivity contribution in [2.75, 3.05) is 14.7 Å². The molecule has 0 amide bonds. The normalized spacial score (nSPS) is 14.3. The monoisotopic (exact) mass is 1100 g/mol. The van der Waals surface area contributed by atoms with Gasteiger partial charge in [-0.3, -0.25) is 0 Å². The Hall–Kier alpha value is -8.36. The van der Waals surface area contributed by atoms with Crippen molar-refractivity contribution in [1.82, 2.24) is 0 Å². The maximum Gasteiger partial charge on any atom is 0.254 e. The van der Waals surface area contributed by atoms with Gasteiger partial charge in [-0.25, -0.2) is 0 Å². The van der Waals surface area contributed by atoms with Crippen LogP contribution < -0.4 is 41.5 Å². The van der Waals surface area contributed by atoms with Gasteiger partial charge in [-0.1, -0.05) is 219 Å². The van der Waals surface area contributed by atoms with E-state index in [4.69, 9.17) is 5.79 Å². The molecule has 402 valence electrons. The van der Waals surface area contributed by atoms with Gasteiger partial charge in [-0.15, -0.1) is 11.3 Å². The molecule has 0 N–H and O–H groups in total. The van der Waals surface area contributed by atoms with Crippen molar-refractivity contribution in [2.45, 2.75) is 84.7 Å². The molecule has 12 aromatic rings. The summed E-state index contributed by atoms with van der Waals surface area (Å²) >= 11 is 1.62. The Morgan fingerprint density at radius 1 is 0.512 bits per heavy atom. The summed E-state index contributed by atoms with van der Waals surface area (Å²) in [5.74, 6) is 0. The predicted octanol–water partition coefficient (Wildman–Crippen LogP) is 18.8. The Morgan fingerprint density at radius 3 is 1.87 bits per heavy atom. The van der Waals surface area contributed by atoms with Crippen molar-refractivity contribution < 1.29 is 11.3 Å². The molecule has 0 atom stereocenters. The molecule has 0 unspecified atom stereocenters. The van der Waals surface area contributed by atoms with Gasteiger partial charge >= 0.3 is 0 Å². The highest BCUT2D eigenvalue weighted by Crippen LogP contribution is 2.54. The fourth-order valence-corrected chi connectivity index (χ4v) is 23.1. The SMILES string of the molecule is [2H]c1c([2H])c([2H])c(N2c3cc([Si](c4ccc(C)cc4)(C(C)(C)C)C(C)(C)C)cc4c3B(c3ccc(N(c5ccc(C(C)(C)C)cc5)c5ccccc5-c5ccccc5)cc3N4c3ccc4oc5ccccc5c4c3)c3c2sc2ccccc32)c([2H])c1[2H]. The number of rotatable bonds is 8. The first kappa shape index (κ1) is 46.3. The number of para-hydroxylation sites is 3. The summed E-state index contributed by atoms with van der Waals surface area (Å²) < 4.78 is 54.9. The fourth-order valence-electron chi connectivity index (χ4n) is 14.4. The molecule has 10 aromatic carbocycles. The first-order chi connectivity index (χ1) is 41.6. The lowest BCUT2D eigenvalue weighted by atomic mass is 9.33. The molecule has 14 rings (SSSR count). The molecule has 0 radical (unpaired) electrons. The maximum absolute atomic E-state index is 9.89. The summed E-state index contributed by atoms with van der Waals surface area (Å²) in [6.07, 6.45) is 0. The minimum Gasteiger partial charge on any atom is -0.456 e. The third kappa shape index (κ3) is 8.06. The van der Waals surface area contributed by atoms with Crippen LogP contribution in [0, 0.1) is 6.92 Å². The minimum absolute atomic E-state index is 0.0627. The van der Waals surface area contributed by atoms with Crippen LogP contribution in [0.15, 0.2) is 235 Å². The number of nitrogens with zero attached hydrogens (tertiary/aromatic N) is 3. The van der Waals surface area contributed by atoms with E-state index < -0.39 is 14.1 Å². The van der Waals surface area contributed by atoms with Crippen molar-refractivity contribution in [3.63, 3.8) is 0 Å². The van der Waals surface area contributed by atoms with E-state index in [-0.39, 0.29) is 52.1 Å². The Morgan fingerprint density at radius 2 is 1.15 bits per heavy atom. The van der Waals surface area contributed by atoms with E-state index in [1.807, 2.05) is 12.1 Å². The van der Waals surface area contributed by atoms with E-state index in [0.717, 1.165) is 104 Å². The van der Waals surface area contributed by atoms with Crippen LogP contribution in [0.3, 0.4) is 0 Å². The smallest absolute Gasteiger partial charge is 0.254 e. The number of benzene rings is 10. The lowest BCUT2D eigenvalue weighted by Gasteiger charge is -2.54. The molecule has 4 heterocycles. The van der Waals surface area contributed by atoms with Crippen LogP contribution >= 0.6 is 11.3 Å². The summed E-state index contributed by atoms with van der Waals surface area (Å²) in [6.45, 7) is 23.0. The number of aryl methyl sites for hydroxylation is 1. The number of anilines is 9. The molecule has 2 aliphatic rings. The van der Waals surface area contributed by atoms with Crippen molar-refractivity contribution in [2.24, 2.45) is 0 Å². The van der Waals surface area contributed by atoms with Gasteiger partial charge in [0.2, 0.25) is 0 Å². The van der Waals surface area contributed by atoms with Crippen LogP contribution in [0.1, 0.15) is 80.3 Å². The highest BCUT2D eigenvalue weighted by Gasteiger charge is 2.57. The highest BCUT2D eigenvalue weighted by molar-refractivity contribution is 7.26. The first-order valence-corrected chi connectivity index (χ1v) is 31.4. The third-order valence-electron chi connectivity index (χ3n) is 17.6. The number of hydrogen-bond donors (Lipinski definition) is 0. The van der Waals surface area contributed by atoms with Crippen molar-refractivity contribution in [1.29, 1.82) is 0 Å². The van der Waals surface area contributed by atoms with Gasteiger partial charge in [0.1, 0.15) is 19.2 Å². The Labute approximate surface area is 496 Å².